The fraction of sp³-hybridized carbons (Fsp3) is 0.263. The van der Waals surface area contributed by atoms with Gasteiger partial charge in [0.25, 0.3) is 5.91 Å². The molecule has 2 aromatic carbocycles. The van der Waals surface area contributed by atoms with Crippen molar-refractivity contribution >= 4 is 27.5 Å². The molecule has 1 amide bonds. The Labute approximate surface area is 145 Å². The average molecular weight is 371 g/mol. The molecule has 0 radical (unpaired) electrons. The van der Waals surface area contributed by atoms with E-state index in [0.717, 1.165) is 27.7 Å². The second-order valence-corrected chi connectivity index (χ2v) is 6.61. The molecule has 2 aromatic rings. The van der Waals surface area contributed by atoms with Crippen LogP contribution in [0, 0.1) is 0 Å². The molecule has 1 heterocycles. The van der Waals surface area contributed by atoms with Gasteiger partial charge in [-0.2, -0.15) is 5.10 Å². The molecule has 2 unspecified atom stereocenters. The molecule has 0 aliphatic carbocycles. The van der Waals surface area contributed by atoms with Crippen molar-refractivity contribution in [2.75, 3.05) is 0 Å². The van der Waals surface area contributed by atoms with E-state index in [-0.39, 0.29) is 17.9 Å². The van der Waals surface area contributed by atoms with Crippen molar-refractivity contribution in [2.45, 2.75) is 32.2 Å². The average Bonchev–Trinajstić information content (AvgIpc) is 2.92. The van der Waals surface area contributed by atoms with E-state index >= 15 is 0 Å². The van der Waals surface area contributed by atoms with Gasteiger partial charge >= 0.3 is 0 Å². The highest BCUT2D eigenvalue weighted by atomic mass is 79.9. The summed E-state index contributed by atoms with van der Waals surface area (Å²) < 4.78 is 1.03. The number of halogens is 1. The zero-order valence-corrected chi connectivity index (χ0v) is 14.8. The van der Waals surface area contributed by atoms with Gasteiger partial charge in [-0.25, -0.2) is 5.01 Å². The number of hydrazone groups is 1. The van der Waals surface area contributed by atoms with Crippen molar-refractivity contribution in [3.63, 3.8) is 0 Å². The molecule has 3 nitrogen and oxygen atoms in total. The second-order valence-electron chi connectivity index (χ2n) is 5.70. The van der Waals surface area contributed by atoms with Crippen molar-refractivity contribution in [2.24, 2.45) is 5.10 Å². The predicted molar refractivity (Wildman–Crippen MR) is 96.3 cm³/mol. The molecule has 3 rings (SSSR count). The summed E-state index contributed by atoms with van der Waals surface area (Å²) in [5.74, 6) is -0.192. The van der Waals surface area contributed by atoms with Crippen LogP contribution >= 0.6 is 15.9 Å². The van der Waals surface area contributed by atoms with Gasteiger partial charge in [0.1, 0.15) is 5.92 Å². The Morgan fingerprint density at radius 2 is 1.78 bits per heavy atom. The van der Waals surface area contributed by atoms with Gasteiger partial charge in [0.15, 0.2) is 0 Å². The molecule has 1 aliphatic heterocycles. The topological polar surface area (TPSA) is 32.7 Å². The normalized spacial score (nSPS) is 18.9. The lowest BCUT2D eigenvalue weighted by molar-refractivity contribution is -0.131. The molecule has 0 spiro atoms. The van der Waals surface area contributed by atoms with Crippen LogP contribution < -0.4 is 0 Å². The van der Waals surface area contributed by atoms with Crippen LogP contribution in [0.5, 0.6) is 0 Å². The number of carbonyl (C=O) groups is 1. The van der Waals surface area contributed by atoms with Gasteiger partial charge in [-0.15, -0.1) is 0 Å². The maximum absolute atomic E-state index is 13.0. The van der Waals surface area contributed by atoms with Crippen LogP contribution in [0.4, 0.5) is 0 Å². The summed E-state index contributed by atoms with van der Waals surface area (Å²) in [6.45, 7) is 4.07. The van der Waals surface area contributed by atoms with Gasteiger partial charge in [-0.05, 0) is 36.6 Å². The smallest absolute Gasteiger partial charge is 0.256 e. The first-order valence-corrected chi connectivity index (χ1v) is 8.62. The van der Waals surface area contributed by atoms with Crippen molar-refractivity contribution < 1.29 is 4.79 Å². The number of nitrogens with zero attached hydrogens (tertiary/aromatic N) is 2. The summed E-state index contributed by atoms with van der Waals surface area (Å²) >= 11 is 3.44. The number of hydrogen-bond donors (Lipinski definition) is 0. The molecule has 23 heavy (non-hydrogen) atoms. The Bertz CT molecular complexity index is 725. The lowest BCUT2D eigenvalue weighted by Gasteiger charge is -2.22. The summed E-state index contributed by atoms with van der Waals surface area (Å²) in [4.78, 5) is 13.0. The first kappa shape index (κ1) is 15.9. The monoisotopic (exact) mass is 370 g/mol. The summed E-state index contributed by atoms with van der Waals surface area (Å²) in [6, 6.07) is 17.9. The van der Waals surface area contributed by atoms with Gasteiger partial charge < -0.3 is 0 Å². The Morgan fingerprint density at radius 1 is 1.13 bits per heavy atom. The first-order valence-electron chi connectivity index (χ1n) is 7.82. The molecule has 0 fully saturated rings. The molecule has 0 saturated heterocycles. The second kappa shape index (κ2) is 6.67. The van der Waals surface area contributed by atoms with Gasteiger partial charge in [0, 0.05) is 4.47 Å². The van der Waals surface area contributed by atoms with Gasteiger partial charge in [-0.3, -0.25) is 4.79 Å². The zero-order valence-electron chi connectivity index (χ0n) is 13.2. The van der Waals surface area contributed by atoms with Crippen LogP contribution in [0.15, 0.2) is 64.2 Å². The fourth-order valence-corrected chi connectivity index (χ4v) is 3.20. The predicted octanol–water partition coefficient (Wildman–Crippen LogP) is 4.90. The number of amides is 1. The molecule has 118 valence electrons. The van der Waals surface area contributed by atoms with Crippen LogP contribution in [0.3, 0.4) is 0 Å². The number of benzene rings is 2. The highest BCUT2D eigenvalue weighted by Crippen LogP contribution is 2.33. The van der Waals surface area contributed by atoms with E-state index in [2.05, 4.69) is 28.0 Å². The van der Waals surface area contributed by atoms with E-state index in [9.17, 15) is 4.79 Å². The Kier molecular flexibility index (Phi) is 4.62. The molecule has 4 heteroatoms. The van der Waals surface area contributed by atoms with Crippen LogP contribution in [0.25, 0.3) is 0 Å². The molecule has 0 bridgehead atoms. The third kappa shape index (κ3) is 3.08. The minimum atomic E-state index is -0.251. The van der Waals surface area contributed by atoms with Crippen molar-refractivity contribution in [3.8, 4) is 0 Å². The Morgan fingerprint density at radius 3 is 2.39 bits per heavy atom. The van der Waals surface area contributed by atoms with E-state index in [0.29, 0.717) is 0 Å². The molecule has 0 N–H and O–H groups in total. The largest absolute Gasteiger partial charge is 0.272 e. The van der Waals surface area contributed by atoms with E-state index < -0.39 is 0 Å². The number of rotatable bonds is 4. The molecule has 0 saturated carbocycles. The quantitative estimate of drug-likeness (QED) is 0.752. The van der Waals surface area contributed by atoms with E-state index in [4.69, 9.17) is 0 Å². The Hall–Kier alpha value is -1.94. The van der Waals surface area contributed by atoms with Crippen LogP contribution in [-0.2, 0) is 4.79 Å². The molecule has 2 atom stereocenters. The molecular weight excluding hydrogens is 352 g/mol. The van der Waals surface area contributed by atoms with Crippen molar-refractivity contribution in [3.05, 3.63) is 70.2 Å². The minimum Gasteiger partial charge on any atom is -0.272 e. The fourth-order valence-electron chi connectivity index (χ4n) is 2.94. The summed E-state index contributed by atoms with van der Waals surface area (Å²) in [5, 5.41) is 6.27. The molecule has 1 aliphatic rings. The van der Waals surface area contributed by atoms with E-state index in [1.165, 1.54) is 0 Å². The van der Waals surface area contributed by atoms with Crippen molar-refractivity contribution in [1.82, 2.24) is 5.01 Å². The molecular formula is C19H19BrN2O. The lowest BCUT2D eigenvalue weighted by atomic mass is 9.92. The highest BCUT2D eigenvalue weighted by molar-refractivity contribution is 9.10. The summed E-state index contributed by atoms with van der Waals surface area (Å²) in [5.41, 5.74) is 3.03. The maximum Gasteiger partial charge on any atom is 0.256 e. The minimum absolute atomic E-state index is 0.0588. The van der Waals surface area contributed by atoms with Crippen molar-refractivity contribution in [1.29, 1.82) is 0 Å². The van der Waals surface area contributed by atoms with Gasteiger partial charge in [-0.1, -0.05) is 65.3 Å². The summed E-state index contributed by atoms with van der Waals surface area (Å²) in [6.07, 6.45) is 0.773. The summed E-state index contributed by atoms with van der Waals surface area (Å²) in [7, 11) is 0. The lowest BCUT2D eigenvalue weighted by Crippen LogP contribution is -2.28. The number of carbonyl (C=O) groups excluding carboxylic acids is 1. The standard InChI is InChI=1S/C19H19BrN2O/c1-3-17-18(15-7-5-4-6-8-15)19(23)22(21-17)13(2)14-9-11-16(20)12-10-14/h4-13,18H,3H2,1-2H3. The third-order valence-electron chi connectivity index (χ3n) is 4.26. The van der Waals surface area contributed by atoms with Crippen LogP contribution in [0.2, 0.25) is 0 Å². The van der Waals surface area contributed by atoms with E-state index in [1.807, 2.05) is 61.5 Å². The van der Waals surface area contributed by atoms with E-state index in [1.54, 1.807) is 5.01 Å². The zero-order chi connectivity index (χ0) is 16.4. The SMILES string of the molecule is CCC1=NN(C(C)c2ccc(Br)cc2)C(=O)C1c1ccccc1. The van der Waals surface area contributed by atoms with Crippen LogP contribution in [-0.4, -0.2) is 16.6 Å². The van der Waals surface area contributed by atoms with Gasteiger partial charge in [0.05, 0.1) is 11.8 Å². The highest BCUT2D eigenvalue weighted by Gasteiger charge is 2.38. The first-order chi connectivity index (χ1) is 11.1. The molecule has 0 aromatic heterocycles. The van der Waals surface area contributed by atoms with Gasteiger partial charge in [0.2, 0.25) is 0 Å². The number of hydrogen-bond acceptors (Lipinski definition) is 2. The third-order valence-corrected chi connectivity index (χ3v) is 4.79. The maximum atomic E-state index is 13.0. The van der Waals surface area contributed by atoms with Crippen LogP contribution in [0.1, 0.15) is 43.4 Å². The Balaban J connectivity index is 1.91.